The smallest absolute Gasteiger partial charge is 0.283 e. The number of aromatic nitrogens is 4. The van der Waals surface area contributed by atoms with Crippen molar-refractivity contribution >= 4 is 21.6 Å². The highest BCUT2D eigenvalue weighted by atomic mass is 79.9. The van der Waals surface area contributed by atoms with Crippen LogP contribution in [0.5, 0.6) is 0 Å². The number of rotatable bonds is 6. The molecule has 0 atom stereocenters. The van der Waals surface area contributed by atoms with Gasteiger partial charge in [0.25, 0.3) is 5.56 Å². The third-order valence-corrected chi connectivity index (χ3v) is 3.55. The fraction of sp³-hybridized carbons (Fsp3) is 0.385. The molecule has 112 valence electrons. The van der Waals surface area contributed by atoms with Crippen LogP contribution in [0.2, 0.25) is 0 Å². The summed E-state index contributed by atoms with van der Waals surface area (Å²) < 4.78 is 6.74. The van der Waals surface area contributed by atoms with E-state index in [9.17, 15) is 4.79 Å². The van der Waals surface area contributed by atoms with Crippen molar-refractivity contribution in [3.8, 4) is 0 Å². The maximum absolute atomic E-state index is 12.1. The molecule has 0 aliphatic carbocycles. The Bertz CT molecular complexity index is 674. The molecule has 0 unspecified atom stereocenters. The molecule has 0 aromatic carbocycles. The maximum atomic E-state index is 12.1. The van der Waals surface area contributed by atoms with Gasteiger partial charge in [-0.3, -0.25) is 4.79 Å². The Kier molecular flexibility index (Phi) is 5.40. The fourth-order valence-corrected chi connectivity index (χ4v) is 2.16. The van der Waals surface area contributed by atoms with Crippen LogP contribution in [0.1, 0.15) is 11.5 Å². The van der Waals surface area contributed by atoms with Crippen LogP contribution in [0.15, 0.2) is 27.7 Å². The number of nitrogens with one attached hydrogen (secondary N) is 1. The number of anilines is 1. The zero-order chi connectivity index (χ0) is 15.2. The van der Waals surface area contributed by atoms with Gasteiger partial charge in [0, 0.05) is 13.3 Å². The summed E-state index contributed by atoms with van der Waals surface area (Å²) in [6, 6.07) is 1.82. The number of ether oxygens (including phenoxy) is 1. The Labute approximate surface area is 130 Å². The molecule has 21 heavy (non-hydrogen) atoms. The second-order valence-electron chi connectivity index (χ2n) is 4.34. The van der Waals surface area contributed by atoms with Gasteiger partial charge in [-0.05, 0) is 28.9 Å². The van der Waals surface area contributed by atoms with Crippen LogP contribution in [0.25, 0.3) is 0 Å². The molecule has 2 aromatic rings. The quantitative estimate of drug-likeness (QED) is 0.844. The van der Waals surface area contributed by atoms with Gasteiger partial charge in [0.1, 0.15) is 10.3 Å². The van der Waals surface area contributed by atoms with Crippen molar-refractivity contribution in [2.75, 3.05) is 19.0 Å². The van der Waals surface area contributed by atoms with Crippen molar-refractivity contribution in [3.63, 3.8) is 0 Å². The number of nitrogens with zero attached hydrogens (tertiary/aromatic N) is 4. The Morgan fingerprint density at radius 2 is 2.29 bits per heavy atom. The molecule has 0 aliphatic heterocycles. The zero-order valence-corrected chi connectivity index (χ0v) is 13.4. The molecule has 0 radical (unpaired) electrons. The molecule has 7 nitrogen and oxygen atoms in total. The van der Waals surface area contributed by atoms with Crippen molar-refractivity contribution in [2.24, 2.45) is 0 Å². The topological polar surface area (TPSA) is 81.9 Å². The Morgan fingerprint density at radius 1 is 1.48 bits per heavy atom. The van der Waals surface area contributed by atoms with Gasteiger partial charge < -0.3 is 10.1 Å². The van der Waals surface area contributed by atoms with Crippen molar-refractivity contribution in [3.05, 3.63) is 44.8 Å². The highest BCUT2D eigenvalue weighted by molar-refractivity contribution is 9.10. The standard InChI is InChI=1S/C13H16BrN5O2/c1-9-15-4-3-10(18-9)7-16-11-8-17-19(5-6-21-2)13(20)12(11)14/h3-4,8,16H,5-7H2,1-2H3. The lowest BCUT2D eigenvalue weighted by Gasteiger charge is -2.10. The summed E-state index contributed by atoms with van der Waals surface area (Å²) in [7, 11) is 1.58. The number of methoxy groups -OCH3 is 1. The maximum Gasteiger partial charge on any atom is 0.283 e. The summed E-state index contributed by atoms with van der Waals surface area (Å²) >= 11 is 3.30. The Hall–Kier alpha value is -1.80. The van der Waals surface area contributed by atoms with Crippen LogP contribution < -0.4 is 10.9 Å². The van der Waals surface area contributed by atoms with Crippen molar-refractivity contribution < 1.29 is 4.74 Å². The number of hydrogen-bond acceptors (Lipinski definition) is 6. The van der Waals surface area contributed by atoms with Crippen LogP contribution in [0.4, 0.5) is 5.69 Å². The van der Waals surface area contributed by atoms with E-state index in [1.54, 1.807) is 19.5 Å². The first-order chi connectivity index (χ1) is 10.1. The monoisotopic (exact) mass is 353 g/mol. The van der Waals surface area contributed by atoms with Gasteiger partial charge in [-0.2, -0.15) is 5.10 Å². The summed E-state index contributed by atoms with van der Waals surface area (Å²) in [6.45, 7) is 3.18. The second-order valence-corrected chi connectivity index (χ2v) is 5.14. The molecule has 2 aromatic heterocycles. The molecule has 0 spiro atoms. The molecule has 2 heterocycles. The van der Waals surface area contributed by atoms with E-state index in [-0.39, 0.29) is 5.56 Å². The SMILES string of the molecule is COCCn1ncc(NCc2ccnc(C)n2)c(Br)c1=O. The third kappa shape index (κ3) is 4.08. The minimum Gasteiger partial charge on any atom is -0.383 e. The number of aryl methyl sites for hydroxylation is 1. The summed E-state index contributed by atoms with van der Waals surface area (Å²) in [5.41, 5.74) is 1.28. The van der Waals surface area contributed by atoms with Crippen LogP contribution >= 0.6 is 15.9 Å². The fourth-order valence-electron chi connectivity index (χ4n) is 1.71. The summed E-state index contributed by atoms with van der Waals surface area (Å²) in [6.07, 6.45) is 3.31. The van der Waals surface area contributed by atoms with E-state index in [0.717, 1.165) is 5.69 Å². The lowest BCUT2D eigenvalue weighted by Crippen LogP contribution is -2.26. The van der Waals surface area contributed by atoms with Gasteiger partial charge in [-0.15, -0.1) is 0 Å². The van der Waals surface area contributed by atoms with E-state index < -0.39 is 0 Å². The average molecular weight is 354 g/mol. The molecule has 0 saturated heterocycles. The molecule has 0 aliphatic rings. The summed E-state index contributed by atoms with van der Waals surface area (Å²) in [5, 5.41) is 7.24. The third-order valence-electron chi connectivity index (χ3n) is 2.79. The van der Waals surface area contributed by atoms with Gasteiger partial charge >= 0.3 is 0 Å². The minimum atomic E-state index is -0.198. The predicted octanol–water partition coefficient (Wildman–Crippen LogP) is 1.36. The molecular formula is C13H16BrN5O2. The van der Waals surface area contributed by atoms with Gasteiger partial charge in [-0.1, -0.05) is 0 Å². The summed E-state index contributed by atoms with van der Waals surface area (Å²) in [5.74, 6) is 0.710. The summed E-state index contributed by atoms with van der Waals surface area (Å²) in [4.78, 5) is 20.4. The van der Waals surface area contributed by atoms with Crippen molar-refractivity contribution in [1.82, 2.24) is 19.7 Å². The van der Waals surface area contributed by atoms with Crippen LogP contribution in [-0.4, -0.2) is 33.5 Å². The number of halogens is 1. The van der Waals surface area contributed by atoms with E-state index in [1.807, 2.05) is 13.0 Å². The molecule has 2 rings (SSSR count). The van der Waals surface area contributed by atoms with Crippen molar-refractivity contribution in [1.29, 1.82) is 0 Å². The van der Waals surface area contributed by atoms with Gasteiger partial charge in [-0.25, -0.2) is 14.6 Å². The van der Waals surface area contributed by atoms with E-state index in [4.69, 9.17) is 4.74 Å². The normalized spacial score (nSPS) is 10.6. The van der Waals surface area contributed by atoms with Crippen LogP contribution in [0.3, 0.4) is 0 Å². The first kappa shape index (κ1) is 15.6. The first-order valence-electron chi connectivity index (χ1n) is 6.38. The number of hydrogen-bond donors (Lipinski definition) is 1. The minimum absolute atomic E-state index is 0.198. The van der Waals surface area contributed by atoms with Gasteiger partial charge in [0.2, 0.25) is 0 Å². The molecule has 8 heteroatoms. The first-order valence-corrected chi connectivity index (χ1v) is 7.18. The van der Waals surface area contributed by atoms with E-state index in [0.29, 0.717) is 35.7 Å². The van der Waals surface area contributed by atoms with E-state index in [1.165, 1.54) is 4.68 Å². The lowest BCUT2D eigenvalue weighted by molar-refractivity contribution is 0.181. The van der Waals surface area contributed by atoms with Gasteiger partial charge in [0.15, 0.2) is 0 Å². The molecule has 0 amide bonds. The second kappa shape index (κ2) is 7.28. The van der Waals surface area contributed by atoms with Crippen molar-refractivity contribution in [2.45, 2.75) is 20.0 Å². The van der Waals surface area contributed by atoms with Crippen LogP contribution in [0, 0.1) is 6.92 Å². The Morgan fingerprint density at radius 3 is 3.00 bits per heavy atom. The molecule has 1 N–H and O–H groups in total. The highest BCUT2D eigenvalue weighted by Gasteiger charge is 2.08. The van der Waals surface area contributed by atoms with Gasteiger partial charge in [0.05, 0.1) is 37.3 Å². The average Bonchev–Trinajstić information content (AvgIpc) is 2.48. The molecule has 0 fully saturated rings. The molecular weight excluding hydrogens is 338 g/mol. The van der Waals surface area contributed by atoms with E-state index in [2.05, 4.69) is 36.3 Å². The van der Waals surface area contributed by atoms with E-state index >= 15 is 0 Å². The lowest BCUT2D eigenvalue weighted by atomic mass is 10.3. The molecule has 0 bridgehead atoms. The Balaban J connectivity index is 2.10. The highest BCUT2D eigenvalue weighted by Crippen LogP contribution is 2.16. The van der Waals surface area contributed by atoms with Crippen LogP contribution in [-0.2, 0) is 17.8 Å². The largest absolute Gasteiger partial charge is 0.383 e. The molecule has 0 saturated carbocycles. The zero-order valence-electron chi connectivity index (χ0n) is 11.8. The predicted molar refractivity (Wildman–Crippen MR) is 82.2 cm³/mol.